The minimum Gasteiger partial charge on any atom is -0.497 e. The van der Waals surface area contributed by atoms with Crippen molar-refractivity contribution in [2.24, 2.45) is 0 Å². The van der Waals surface area contributed by atoms with Crippen LogP contribution in [0.4, 0.5) is 10.3 Å². The Morgan fingerprint density at radius 3 is 2.62 bits per heavy atom. The van der Waals surface area contributed by atoms with Gasteiger partial charge in [0, 0.05) is 12.1 Å². The molecule has 0 saturated carbocycles. The van der Waals surface area contributed by atoms with Gasteiger partial charge in [-0.1, -0.05) is 11.6 Å². The topological polar surface area (TPSA) is 73.3 Å². The van der Waals surface area contributed by atoms with Crippen molar-refractivity contribution < 1.29 is 18.7 Å². The molecule has 1 amide bonds. The van der Waals surface area contributed by atoms with Crippen LogP contribution in [0.2, 0.25) is 5.15 Å². The van der Waals surface area contributed by atoms with Gasteiger partial charge in [-0.2, -0.15) is 4.98 Å². The van der Waals surface area contributed by atoms with Crippen LogP contribution in [0.15, 0.2) is 24.3 Å². The molecule has 21 heavy (non-hydrogen) atoms. The standard InChI is InChI=1S/C13H11ClFN3O3/c1-20-7-3-4-8(9(15)5-7)12(19)18-13-16-10(14)6-11(17-13)21-2/h3-6H,1-2H3,(H,16,17,18,19). The molecule has 0 atom stereocenters. The summed E-state index contributed by atoms with van der Waals surface area (Å²) >= 11 is 5.76. The number of ether oxygens (including phenoxy) is 2. The number of halogens is 2. The van der Waals surface area contributed by atoms with Gasteiger partial charge in [-0.25, -0.2) is 9.37 Å². The quantitative estimate of drug-likeness (QED) is 0.878. The maximum absolute atomic E-state index is 13.8. The van der Waals surface area contributed by atoms with Crippen LogP contribution in [0.25, 0.3) is 0 Å². The van der Waals surface area contributed by atoms with Gasteiger partial charge in [0.15, 0.2) is 0 Å². The van der Waals surface area contributed by atoms with Gasteiger partial charge in [0.25, 0.3) is 5.91 Å². The highest BCUT2D eigenvalue weighted by Crippen LogP contribution is 2.19. The fourth-order valence-electron chi connectivity index (χ4n) is 1.53. The van der Waals surface area contributed by atoms with E-state index >= 15 is 0 Å². The Hall–Kier alpha value is -2.41. The van der Waals surface area contributed by atoms with Gasteiger partial charge in [0.1, 0.15) is 16.7 Å². The zero-order valence-corrected chi connectivity index (χ0v) is 11.9. The first kappa shape index (κ1) is 15.0. The third-order valence-electron chi connectivity index (χ3n) is 2.53. The molecular weight excluding hydrogens is 301 g/mol. The van der Waals surface area contributed by atoms with Gasteiger partial charge in [0.05, 0.1) is 19.8 Å². The summed E-state index contributed by atoms with van der Waals surface area (Å²) in [6.45, 7) is 0. The van der Waals surface area contributed by atoms with Gasteiger partial charge in [0.2, 0.25) is 11.8 Å². The van der Waals surface area contributed by atoms with Crippen LogP contribution in [0, 0.1) is 5.82 Å². The third-order valence-corrected chi connectivity index (χ3v) is 2.72. The van der Waals surface area contributed by atoms with Crippen molar-refractivity contribution in [2.75, 3.05) is 19.5 Å². The number of amides is 1. The lowest BCUT2D eigenvalue weighted by atomic mass is 10.2. The van der Waals surface area contributed by atoms with E-state index in [4.69, 9.17) is 21.1 Å². The highest BCUT2D eigenvalue weighted by molar-refractivity contribution is 6.29. The molecule has 0 aliphatic rings. The summed E-state index contributed by atoms with van der Waals surface area (Å²) in [7, 11) is 2.80. The molecular formula is C13H11ClFN3O3. The van der Waals surface area contributed by atoms with Gasteiger partial charge >= 0.3 is 0 Å². The molecule has 1 heterocycles. The van der Waals surface area contributed by atoms with Crippen molar-refractivity contribution in [3.05, 3.63) is 40.8 Å². The fraction of sp³-hybridized carbons (Fsp3) is 0.154. The van der Waals surface area contributed by atoms with E-state index in [2.05, 4.69) is 15.3 Å². The first-order chi connectivity index (χ1) is 10.0. The van der Waals surface area contributed by atoms with Gasteiger partial charge in [-0.05, 0) is 12.1 Å². The molecule has 0 radical (unpaired) electrons. The average Bonchev–Trinajstić information content (AvgIpc) is 2.46. The summed E-state index contributed by atoms with van der Waals surface area (Å²) < 4.78 is 23.5. The number of aromatic nitrogens is 2. The molecule has 1 N–H and O–H groups in total. The van der Waals surface area contributed by atoms with Gasteiger partial charge in [-0.15, -0.1) is 0 Å². The number of nitrogens with zero attached hydrogens (tertiary/aromatic N) is 2. The monoisotopic (exact) mass is 311 g/mol. The number of carbonyl (C=O) groups excluding carboxylic acids is 1. The Balaban J connectivity index is 2.23. The first-order valence-electron chi connectivity index (χ1n) is 5.77. The van der Waals surface area contributed by atoms with Crippen LogP contribution in [0.1, 0.15) is 10.4 Å². The van der Waals surface area contributed by atoms with Crippen molar-refractivity contribution in [3.63, 3.8) is 0 Å². The second-order valence-electron chi connectivity index (χ2n) is 3.86. The Morgan fingerprint density at radius 1 is 1.24 bits per heavy atom. The van der Waals surface area contributed by atoms with Crippen molar-refractivity contribution in [1.82, 2.24) is 9.97 Å². The molecule has 0 unspecified atom stereocenters. The molecule has 1 aromatic carbocycles. The third kappa shape index (κ3) is 3.57. The number of anilines is 1. The number of carbonyl (C=O) groups is 1. The predicted octanol–water partition coefficient (Wildman–Crippen LogP) is 2.54. The molecule has 6 nitrogen and oxygen atoms in total. The van der Waals surface area contributed by atoms with Crippen LogP contribution in [0.3, 0.4) is 0 Å². The molecule has 110 valence electrons. The SMILES string of the molecule is COc1ccc(C(=O)Nc2nc(Cl)cc(OC)n2)c(F)c1. The first-order valence-corrected chi connectivity index (χ1v) is 6.14. The Kier molecular flexibility index (Phi) is 4.54. The largest absolute Gasteiger partial charge is 0.497 e. The van der Waals surface area contributed by atoms with Crippen LogP contribution >= 0.6 is 11.6 Å². The van der Waals surface area contributed by atoms with E-state index in [0.29, 0.717) is 5.75 Å². The minimum absolute atomic E-state index is 0.0837. The van der Waals surface area contributed by atoms with E-state index in [1.165, 1.54) is 32.4 Å². The van der Waals surface area contributed by atoms with Crippen LogP contribution < -0.4 is 14.8 Å². The normalized spacial score (nSPS) is 10.1. The Bertz CT molecular complexity index is 682. The lowest BCUT2D eigenvalue weighted by Gasteiger charge is -2.07. The molecule has 0 aliphatic carbocycles. The number of methoxy groups -OCH3 is 2. The van der Waals surface area contributed by atoms with Crippen molar-refractivity contribution >= 4 is 23.5 Å². The molecule has 2 aromatic rings. The summed E-state index contributed by atoms with van der Waals surface area (Å²) in [6.07, 6.45) is 0. The van der Waals surface area contributed by atoms with Crippen LogP contribution in [-0.4, -0.2) is 30.1 Å². The summed E-state index contributed by atoms with van der Waals surface area (Å²) in [5, 5.41) is 2.44. The van der Waals surface area contributed by atoms with E-state index in [1.54, 1.807) is 0 Å². The van der Waals surface area contributed by atoms with E-state index in [1.807, 2.05) is 0 Å². The number of hydrogen-bond acceptors (Lipinski definition) is 5. The Labute approximate surface area is 124 Å². The minimum atomic E-state index is -0.721. The second kappa shape index (κ2) is 6.36. The molecule has 0 saturated heterocycles. The van der Waals surface area contributed by atoms with E-state index in [-0.39, 0.29) is 22.5 Å². The lowest BCUT2D eigenvalue weighted by Crippen LogP contribution is -2.16. The average molecular weight is 312 g/mol. The van der Waals surface area contributed by atoms with Gasteiger partial charge < -0.3 is 9.47 Å². The highest BCUT2D eigenvalue weighted by Gasteiger charge is 2.15. The second-order valence-corrected chi connectivity index (χ2v) is 4.24. The molecule has 2 rings (SSSR count). The van der Waals surface area contributed by atoms with Crippen molar-refractivity contribution in [1.29, 1.82) is 0 Å². The van der Waals surface area contributed by atoms with Crippen molar-refractivity contribution in [2.45, 2.75) is 0 Å². The molecule has 1 aromatic heterocycles. The van der Waals surface area contributed by atoms with E-state index in [9.17, 15) is 9.18 Å². The Morgan fingerprint density at radius 2 is 2.00 bits per heavy atom. The number of benzene rings is 1. The maximum Gasteiger partial charge on any atom is 0.261 e. The van der Waals surface area contributed by atoms with E-state index < -0.39 is 11.7 Å². The zero-order valence-electron chi connectivity index (χ0n) is 11.2. The van der Waals surface area contributed by atoms with E-state index in [0.717, 1.165) is 6.07 Å². The molecule has 0 fully saturated rings. The van der Waals surface area contributed by atoms with Crippen molar-refractivity contribution in [3.8, 4) is 11.6 Å². The molecule has 0 bridgehead atoms. The summed E-state index contributed by atoms with van der Waals surface area (Å²) in [5.41, 5.74) is -0.168. The summed E-state index contributed by atoms with van der Waals surface area (Å²) in [4.78, 5) is 19.7. The summed E-state index contributed by atoms with van der Waals surface area (Å²) in [6, 6.07) is 5.25. The number of nitrogens with one attached hydrogen (secondary N) is 1. The lowest BCUT2D eigenvalue weighted by molar-refractivity contribution is 0.102. The molecule has 0 aliphatic heterocycles. The smallest absolute Gasteiger partial charge is 0.261 e. The predicted molar refractivity (Wildman–Crippen MR) is 74.5 cm³/mol. The molecule has 0 spiro atoms. The van der Waals surface area contributed by atoms with Gasteiger partial charge in [-0.3, -0.25) is 10.1 Å². The molecule has 8 heteroatoms. The van der Waals surface area contributed by atoms with Crippen LogP contribution in [0.5, 0.6) is 11.6 Å². The fourth-order valence-corrected chi connectivity index (χ4v) is 1.71. The summed E-state index contributed by atoms with van der Waals surface area (Å²) in [5.74, 6) is -1.02. The maximum atomic E-state index is 13.8. The number of hydrogen-bond donors (Lipinski definition) is 1. The van der Waals surface area contributed by atoms with Crippen LogP contribution in [-0.2, 0) is 0 Å². The highest BCUT2D eigenvalue weighted by atomic mass is 35.5. The number of rotatable bonds is 4. The zero-order chi connectivity index (χ0) is 15.4.